The van der Waals surface area contributed by atoms with Gasteiger partial charge in [0.2, 0.25) is 11.8 Å². The third kappa shape index (κ3) is 7.80. The number of hydroxylamine groups is 1. The van der Waals surface area contributed by atoms with Crippen molar-refractivity contribution in [1.82, 2.24) is 10.8 Å². The van der Waals surface area contributed by atoms with Gasteiger partial charge in [0.1, 0.15) is 12.1 Å². The molecule has 1 aromatic carbocycles. The maximum Gasteiger partial charge on any atom is 0.246 e. The average molecular weight is 440 g/mol. The Morgan fingerprint density at radius 3 is 2.20 bits per heavy atom. The van der Waals surface area contributed by atoms with Gasteiger partial charge in [-0.15, -0.1) is 0 Å². The van der Waals surface area contributed by atoms with Gasteiger partial charge >= 0.3 is 0 Å². The van der Waals surface area contributed by atoms with Gasteiger partial charge in [0.25, 0.3) is 0 Å². The van der Waals surface area contributed by atoms with Gasteiger partial charge in [0, 0.05) is 5.69 Å². The maximum absolute atomic E-state index is 12.5. The first kappa shape index (κ1) is 26.3. The van der Waals surface area contributed by atoms with Crippen LogP contribution in [0.15, 0.2) is 18.2 Å². The minimum atomic E-state index is -1.93. The zero-order valence-corrected chi connectivity index (χ0v) is 20.4. The lowest BCUT2D eigenvalue weighted by molar-refractivity contribution is -0.129. The van der Waals surface area contributed by atoms with Crippen LogP contribution < -0.4 is 16.1 Å². The molecule has 1 rings (SSSR count). The number of rotatable bonds is 10. The fourth-order valence-electron chi connectivity index (χ4n) is 2.37. The van der Waals surface area contributed by atoms with Gasteiger partial charge in [-0.1, -0.05) is 26.8 Å². The van der Waals surface area contributed by atoms with Crippen LogP contribution in [0.1, 0.15) is 45.7 Å². The van der Waals surface area contributed by atoms with Gasteiger partial charge in [-0.05, 0) is 55.2 Å². The first-order chi connectivity index (χ1) is 13.8. The molecular weight excluding hydrogens is 402 g/mol. The lowest BCUT2D eigenvalue weighted by atomic mass is 10.1. The van der Waals surface area contributed by atoms with E-state index in [1.54, 1.807) is 19.9 Å². The van der Waals surface area contributed by atoms with E-state index in [0.717, 1.165) is 5.56 Å². The Morgan fingerprint density at radius 1 is 1.07 bits per heavy atom. The molecule has 30 heavy (non-hydrogen) atoms. The summed E-state index contributed by atoms with van der Waals surface area (Å²) >= 11 is 0. The van der Waals surface area contributed by atoms with Gasteiger partial charge in [0.15, 0.2) is 8.32 Å². The van der Waals surface area contributed by atoms with Crippen LogP contribution in [-0.2, 0) is 32.1 Å². The monoisotopic (exact) mass is 439 g/mol. The summed E-state index contributed by atoms with van der Waals surface area (Å²) < 4.78 is 6.26. The summed E-state index contributed by atoms with van der Waals surface area (Å²) in [4.78, 5) is 29.3. The van der Waals surface area contributed by atoms with Crippen LogP contribution in [0.25, 0.3) is 0 Å². The fraction of sp³-hybridized carbons (Fsp3) is 0.619. The highest BCUT2D eigenvalue weighted by molar-refractivity contribution is 6.74. The molecule has 2 atom stereocenters. The van der Waals surface area contributed by atoms with Gasteiger partial charge < -0.3 is 25.0 Å². The third-order valence-corrected chi connectivity index (χ3v) is 9.83. The van der Waals surface area contributed by atoms with E-state index >= 15 is 0 Å². The number of amides is 2. The van der Waals surface area contributed by atoms with E-state index in [-0.39, 0.29) is 23.5 Å². The molecule has 8 nitrogen and oxygen atoms in total. The normalized spacial score (nSPS) is 14.2. The lowest BCUT2D eigenvalue weighted by Crippen LogP contribution is -2.48. The molecule has 0 aliphatic heterocycles. The summed E-state index contributed by atoms with van der Waals surface area (Å²) in [6, 6.07) is 4.06. The molecule has 0 heterocycles. The number of aliphatic hydroxyl groups excluding tert-OH is 1. The molecule has 0 aromatic heterocycles. The number of aliphatic hydroxyl groups is 1. The number of carbonyl (C=O) groups excluding carboxylic acids is 2. The molecule has 0 fully saturated rings. The summed E-state index contributed by atoms with van der Waals surface area (Å²) in [6.45, 7) is 14.4. The number of hydrogen-bond donors (Lipinski definition) is 4. The molecule has 0 bridgehead atoms. The van der Waals surface area contributed by atoms with Gasteiger partial charge in [-0.3, -0.25) is 9.59 Å². The van der Waals surface area contributed by atoms with Crippen LogP contribution >= 0.6 is 0 Å². The van der Waals surface area contributed by atoms with Crippen molar-refractivity contribution in [2.75, 3.05) is 12.4 Å². The van der Waals surface area contributed by atoms with Crippen molar-refractivity contribution in [2.45, 2.75) is 78.0 Å². The highest BCUT2D eigenvalue weighted by atomic mass is 28.4. The van der Waals surface area contributed by atoms with E-state index in [1.807, 2.05) is 12.1 Å². The van der Waals surface area contributed by atoms with E-state index in [1.165, 1.54) is 7.11 Å². The Morgan fingerprint density at radius 2 is 1.67 bits per heavy atom. The number of carbonyl (C=O) groups is 2. The number of benzene rings is 1. The fourth-order valence-corrected chi connectivity index (χ4v) is 3.33. The van der Waals surface area contributed by atoms with Crippen molar-refractivity contribution < 1.29 is 24.0 Å². The van der Waals surface area contributed by atoms with Crippen molar-refractivity contribution in [3.8, 4) is 0 Å². The summed E-state index contributed by atoms with van der Waals surface area (Å²) in [6.07, 6.45) is 0. The summed E-state index contributed by atoms with van der Waals surface area (Å²) in [5, 5.41) is 15.1. The average Bonchev–Trinajstić information content (AvgIpc) is 2.65. The quantitative estimate of drug-likeness (QED) is 0.330. The minimum Gasteiger partial charge on any atom is -0.413 e. The second kappa shape index (κ2) is 11.0. The smallest absolute Gasteiger partial charge is 0.246 e. The van der Waals surface area contributed by atoms with Crippen LogP contribution in [0.3, 0.4) is 0 Å². The van der Waals surface area contributed by atoms with Crippen molar-refractivity contribution in [3.63, 3.8) is 0 Å². The molecule has 170 valence electrons. The lowest BCUT2D eigenvalue weighted by Gasteiger charge is -2.36. The van der Waals surface area contributed by atoms with Gasteiger partial charge in [0.05, 0.1) is 20.3 Å². The van der Waals surface area contributed by atoms with E-state index in [4.69, 9.17) is 9.26 Å². The van der Waals surface area contributed by atoms with Crippen LogP contribution in [0.2, 0.25) is 18.1 Å². The predicted octanol–water partition coefficient (Wildman–Crippen LogP) is 2.68. The summed E-state index contributed by atoms with van der Waals surface area (Å²) in [5.74, 6) is -0.716. The van der Waals surface area contributed by atoms with Crippen molar-refractivity contribution in [2.24, 2.45) is 0 Å². The Labute approximate surface area is 180 Å². The van der Waals surface area contributed by atoms with Crippen LogP contribution in [0.5, 0.6) is 0 Å². The highest BCUT2D eigenvalue weighted by Crippen LogP contribution is 2.37. The van der Waals surface area contributed by atoms with Crippen molar-refractivity contribution in [3.05, 3.63) is 29.3 Å². The predicted molar refractivity (Wildman–Crippen MR) is 120 cm³/mol. The molecule has 0 spiro atoms. The SMILES string of the molecule is CON[C@@H](C)C(=O)N[C@@H](C)C(=O)Nc1cc(CO)cc(CO[Si](C)(C)C(C)(C)C)c1. The molecule has 4 N–H and O–H groups in total. The maximum atomic E-state index is 12.5. The molecule has 1 aromatic rings. The number of nitrogens with one attached hydrogen (secondary N) is 3. The number of hydrogen-bond acceptors (Lipinski definition) is 6. The molecule has 0 saturated heterocycles. The van der Waals surface area contributed by atoms with Crippen molar-refractivity contribution in [1.29, 1.82) is 0 Å². The zero-order valence-electron chi connectivity index (χ0n) is 19.4. The summed E-state index contributed by atoms with van der Waals surface area (Å²) in [5.41, 5.74) is 4.61. The van der Waals surface area contributed by atoms with Crippen molar-refractivity contribution >= 4 is 25.8 Å². The zero-order chi connectivity index (χ0) is 23.1. The first-order valence-electron chi connectivity index (χ1n) is 10.1. The Hall–Kier alpha value is -1.78. The molecule has 0 radical (unpaired) electrons. The second-order valence-electron chi connectivity index (χ2n) is 9.01. The molecule has 9 heteroatoms. The van der Waals surface area contributed by atoms with Crippen LogP contribution in [-0.4, -0.2) is 44.4 Å². The third-order valence-electron chi connectivity index (χ3n) is 5.35. The van der Waals surface area contributed by atoms with Gasteiger partial charge in [-0.25, -0.2) is 0 Å². The second-order valence-corrected chi connectivity index (χ2v) is 13.8. The van der Waals surface area contributed by atoms with Gasteiger partial charge in [-0.2, -0.15) is 5.48 Å². The van der Waals surface area contributed by atoms with E-state index < -0.39 is 20.4 Å². The highest BCUT2D eigenvalue weighted by Gasteiger charge is 2.37. The molecule has 0 aliphatic rings. The standard InChI is InChI=1S/C21H37N3O5Si/c1-14(22-20(27)15(2)24-28-6)19(26)23-18-10-16(12-25)9-17(11-18)13-29-30(7,8)21(3,4)5/h9-11,14-15,24-25H,12-13H2,1-8H3,(H,22,27)(H,23,26)/t14-,15-/m0/s1. The Kier molecular flexibility index (Phi) is 9.64. The van der Waals surface area contributed by atoms with E-state index in [0.29, 0.717) is 17.9 Å². The summed E-state index contributed by atoms with van der Waals surface area (Å²) in [7, 11) is -0.515. The molecule has 0 aliphatic carbocycles. The van der Waals surface area contributed by atoms with E-state index in [2.05, 4.69) is 50.0 Å². The molecule has 0 saturated carbocycles. The topological polar surface area (TPSA) is 109 Å². The first-order valence-corrected chi connectivity index (χ1v) is 13.0. The minimum absolute atomic E-state index is 0.0844. The Balaban J connectivity index is 2.85. The molecule has 0 unspecified atom stereocenters. The molecular formula is C21H37N3O5Si. The molecule has 2 amide bonds. The van der Waals surface area contributed by atoms with E-state index in [9.17, 15) is 14.7 Å². The van der Waals surface area contributed by atoms with Crippen LogP contribution in [0, 0.1) is 0 Å². The largest absolute Gasteiger partial charge is 0.413 e. The van der Waals surface area contributed by atoms with Crippen LogP contribution in [0.4, 0.5) is 5.69 Å². The Bertz CT molecular complexity index is 734. The number of anilines is 1.